The maximum Gasteiger partial charge on any atom is 0.328 e. The normalized spacial score (nSPS) is 11.5. The van der Waals surface area contributed by atoms with Gasteiger partial charge in [-0.15, -0.1) is 0 Å². The first-order valence-electron chi connectivity index (χ1n) is 4.69. The van der Waals surface area contributed by atoms with Crippen molar-refractivity contribution in [2.75, 3.05) is 11.9 Å². The lowest BCUT2D eigenvalue weighted by Crippen LogP contribution is -2.28. The summed E-state index contributed by atoms with van der Waals surface area (Å²) in [4.78, 5) is 15.4. The van der Waals surface area contributed by atoms with Crippen LogP contribution in [0, 0.1) is 0 Å². The molecule has 1 N–H and O–H groups in total. The Labute approximate surface area is 89.0 Å². The van der Waals surface area contributed by atoms with E-state index in [0.29, 0.717) is 5.82 Å². The molecule has 4 nitrogen and oxygen atoms in total. The number of carbonyl (C=O) groups excluding carboxylic acids is 1. The van der Waals surface area contributed by atoms with Gasteiger partial charge in [0.2, 0.25) is 0 Å². The second kappa shape index (κ2) is 5.80. The first-order chi connectivity index (χ1) is 7.24. The molecule has 15 heavy (non-hydrogen) atoms. The highest BCUT2D eigenvalue weighted by Crippen LogP contribution is 2.03. The van der Waals surface area contributed by atoms with Gasteiger partial charge in [-0.3, -0.25) is 0 Å². The number of rotatable bonds is 5. The van der Waals surface area contributed by atoms with Crippen LogP contribution < -0.4 is 5.32 Å². The largest absolute Gasteiger partial charge is 0.460 e. The summed E-state index contributed by atoms with van der Waals surface area (Å²) >= 11 is 0. The molecule has 0 amide bonds. The Morgan fingerprint density at radius 2 is 2.53 bits per heavy atom. The monoisotopic (exact) mass is 206 g/mol. The Hall–Kier alpha value is -1.84. The molecular formula is C11H14N2O2. The first-order valence-corrected chi connectivity index (χ1v) is 4.69. The summed E-state index contributed by atoms with van der Waals surface area (Å²) in [5, 5.41) is 2.93. The fraction of sp³-hybridized carbons (Fsp3) is 0.273. The van der Waals surface area contributed by atoms with Crippen LogP contribution in [-0.2, 0) is 9.53 Å². The van der Waals surface area contributed by atoms with Crippen molar-refractivity contribution in [2.24, 2.45) is 0 Å². The van der Waals surface area contributed by atoms with Gasteiger partial charge in [-0.1, -0.05) is 18.7 Å². The predicted octanol–water partition coefficient (Wildman–Crippen LogP) is 1.61. The second-order valence-electron chi connectivity index (χ2n) is 3.00. The van der Waals surface area contributed by atoms with Crippen LogP contribution in [0.5, 0.6) is 0 Å². The summed E-state index contributed by atoms with van der Waals surface area (Å²) in [5.41, 5.74) is 0. The molecule has 0 saturated heterocycles. The van der Waals surface area contributed by atoms with E-state index in [1.54, 1.807) is 19.2 Å². The molecule has 0 bridgehead atoms. The number of anilines is 1. The van der Waals surface area contributed by atoms with Gasteiger partial charge in [0.05, 0.1) is 0 Å². The van der Waals surface area contributed by atoms with Gasteiger partial charge in [0.1, 0.15) is 18.5 Å². The van der Waals surface area contributed by atoms with Gasteiger partial charge in [0.15, 0.2) is 0 Å². The Bertz CT molecular complexity index is 325. The van der Waals surface area contributed by atoms with Crippen LogP contribution >= 0.6 is 0 Å². The third kappa shape index (κ3) is 3.81. The summed E-state index contributed by atoms with van der Waals surface area (Å²) in [6.07, 6.45) is 3.19. The Morgan fingerprint density at radius 3 is 3.13 bits per heavy atom. The minimum atomic E-state index is -0.417. The molecule has 0 spiro atoms. The van der Waals surface area contributed by atoms with Gasteiger partial charge in [-0.05, 0) is 19.1 Å². The lowest BCUT2D eigenvalue weighted by atomic mass is 10.3. The number of esters is 1. The molecule has 0 unspecified atom stereocenters. The molecule has 0 aliphatic carbocycles. The maximum atomic E-state index is 11.3. The molecule has 1 aromatic heterocycles. The topological polar surface area (TPSA) is 51.2 Å². The maximum absolute atomic E-state index is 11.3. The van der Waals surface area contributed by atoms with Crippen molar-refractivity contribution in [3.05, 3.63) is 37.1 Å². The summed E-state index contributed by atoms with van der Waals surface area (Å²) in [6, 6.07) is 5.03. The Kier molecular flexibility index (Phi) is 4.34. The molecule has 4 heteroatoms. The van der Waals surface area contributed by atoms with E-state index in [9.17, 15) is 4.79 Å². The predicted molar refractivity (Wildman–Crippen MR) is 58.5 cm³/mol. The summed E-state index contributed by atoms with van der Waals surface area (Å²) < 4.78 is 4.88. The molecule has 0 aromatic carbocycles. The second-order valence-corrected chi connectivity index (χ2v) is 3.00. The smallest absolute Gasteiger partial charge is 0.328 e. The van der Waals surface area contributed by atoms with E-state index in [1.165, 1.54) is 6.08 Å². The highest BCUT2D eigenvalue weighted by atomic mass is 16.5. The standard InChI is InChI=1S/C11H14N2O2/c1-3-8-15-11(14)9(2)13-10-6-4-5-7-12-10/h3-7,9H,1,8H2,2H3,(H,12,13)/t9-/m0/s1. The molecule has 0 aliphatic rings. The number of hydrogen-bond donors (Lipinski definition) is 1. The van der Waals surface area contributed by atoms with E-state index in [4.69, 9.17) is 4.74 Å². The van der Waals surface area contributed by atoms with E-state index in [1.807, 2.05) is 12.1 Å². The van der Waals surface area contributed by atoms with Crippen LogP contribution in [0.2, 0.25) is 0 Å². The lowest BCUT2D eigenvalue weighted by Gasteiger charge is -2.12. The third-order valence-corrected chi connectivity index (χ3v) is 1.73. The van der Waals surface area contributed by atoms with Crippen LogP contribution in [0.15, 0.2) is 37.1 Å². The third-order valence-electron chi connectivity index (χ3n) is 1.73. The van der Waals surface area contributed by atoms with Crippen molar-refractivity contribution in [3.8, 4) is 0 Å². The van der Waals surface area contributed by atoms with Crippen LogP contribution in [0.4, 0.5) is 5.82 Å². The van der Waals surface area contributed by atoms with Gasteiger partial charge in [0, 0.05) is 6.20 Å². The van der Waals surface area contributed by atoms with Crippen molar-refractivity contribution in [1.29, 1.82) is 0 Å². The van der Waals surface area contributed by atoms with Gasteiger partial charge in [-0.2, -0.15) is 0 Å². The zero-order chi connectivity index (χ0) is 11.1. The molecule has 0 fully saturated rings. The quantitative estimate of drug-likeness (QED) is 0.587. The van der Waals surface area contributed by atoms with Crippen LogP contribution in [-0.4, -0.2) is 23.6 Å². The Balaban J connectivity index is 2.45. The highest BCUT2D eigenvalue weighted by Gasteiger charge is 2.13. The van der Waals surface area contributed by atoms with Crippen molar-refractivity contribution in [3.63, 3.8) is 0 Å². The molecule has 0 radical (unpaired) electrons. The van der Waals surface area contributed by atoms with Gasteiger partial charge in [0.25, 0.3) is 0 Å². The zero-order valence-corrected chi connectivity index (χ0v) is 8.64. The van der Waals surface area contributed by atoms with Crippen molar-refractivity contribution in [1.82, 2.24) is 4.98 Å². The number of pyridine rings is 1. The van der Waals surface area contributed by atoms with E-state index in [0.717, 1.165) is 0 Å². The molecular weight excluding hydrogens is 192 g/mol. The summed E-state index contributed by atoms with van der Waals surface area (Å²) in [7, 11) is 0. The van der Waals surface area contributed by atoms with Gasteiger partial charge >= 0.3 is 5.97 Å². The number of carbonyl (C=O) groups is 1. The fourth-order valence-corrected chi connectivity index (χ4v) is 0.995. The SMILES string of the molecule is C=CCOC(=O)[C@H](C)Nc1ccccn1. The van der Waals surface area contributed by atoms with E-state index < -0.39 is 6.04 Å². The molecule has 1 rings (SSSR count). The number of hydrogen-bond acceptors (Lipinski definition) is 4. The lowest BCUT2D eigenvalue weighted by molar-refractivity contribution is -0.142. The van der Waals surface area contributed by atoms with Crippen LogP contribution in [0.3, 0.4) is 0 Å². The number of nitrogens with zero attached hydrogens (tertiary/aromatic N) is 1. The van der Waals surface area contributed by atoms with E-state index in [2.05, 4.69) is 16.9 Å². The highest BCUT2D eigenvalue weighted by molar-refractivity contribution is 5.78. The molecule has 0 aliphatic heterocycles. The molecule has 1 heterocycles. The number of nitrogens with one attached hydrogen (secondary N) is 1. The first kappa shape index (κ1) is 11.2. The molecule has 0 saturated carbocycles. The zero-order valence-electron chi connectivity index (χ0n) is 8.64. The molecule has 1 atom stereocenters. The Morgan fingerprint density at radius 1 is 1.73 bits per heavy atom. The summed E-state index contributed by atoms with van der Waals surface area (Å²) in [6.45, 7) is 5.42. The fourth-order valence-electron chi connectivity index (χ4n) is 0.995. The van der Waals surface area contributed by atoms with Crippen molar-refractivity contribution in [2.45, 2.75) is 13.0 Å². The van der Waals surface area contributed by atoms with Gasteiger partial charge < -0.3 is 10.1 Å². The average molecular weight is 206 g/mol. The van der Waals surface area contributed by atoms with Gasteiger partial charge in [-0.25, -0.2) is 9.78 Å². The summed E-state index contributed by atoms with van der Waals surface area (Å²) in [5.74, 6) is 0.334. The minimum Gasteiger partial charge on any atom is -0.460 e. The van der Waals surface area contributed by atoms with Crippen LogP contribution in [0.1, 0.15) is 6.92 Å². The average Bonchev–Trinajstić information content (AvgIpc) is 2.27. The number of ether oxygens (including phenoxy) is 1. The van der Waals surface area contributed by atoms with Crippen LogP contribution in [0.25, 0.3) is 0 Å². The van der Waals surface area contributed by atoms with Crippen molar-refractivity contribution >= 4 is 11.8 Å². The molecule has 80 valence electrons. The molecule has 1 aromatic rings. The minimum absolute atomic E-state index is 0.229. The van der Waals surface area contributed by atoms with Crippen molar-refractivity contribution < 1.29 is 9.53 Å². The van der Waals surface area contributed by atoms with E-state index >= 15 is 0 Å². The number of aromatic nitrogens is 1. The van der Waals surface area contributed by atoms with E-state index in [-0.39, 0.29) is 12.6 Å².